The van der Waals surface area contributed by atoms with Crippen molar-refractivity contribution in [1.82, 2.24) is 9.88 Å². The fraction of sp³-hybridized carbons (Fsp3) is 0.538. The Kier molecular flexibility index (Phi) is 6.33. The molecule has 3 heterocycles. The summed E-state index contributed by atoms with van der Waals surface area (Å²) in [6.45, 7) is 7.16. The minimum Gasteiger partial charge on any atom is -0.381 e. The van der Waals surface area contributed by atoms with E-state index in [0.717, 1.165) is 44.6 Å². The number of piperidine rings is 1. The zero-order valence-electron chi connectivity index (χ0n) is 19.4. The average Bonchev–Trinajstić information content (AvgIpc) is 2.78. The van der Waals surface area contributed by atoms with Gasteiger partial charge < -0.3 is 14.5 Å². The van der Waals surface area contributed by atoms with Gasteiger partial charge in [-0.05, 0) is 62.8 Å². The van der Waals surface area contributed by atoms with Gasteiger partial charge in [-0.2, -0.15) is 0 Å². The predicted octanol–water partition coefficient (Wildman–Crippen LogP) is 4.22. The largest absolute Gasteiger partial charge is 0.381 e. The summed E-state index contributed by atoms with van der Waals surface area (Å²) >= 11 is 0. The standard InChI is InChI=1S/C26H35N3O2/c1-19-14-20(2)16-23(15-19)26(8-12-31-13-9-26)25(30)29-11-5-6-22(18-29)21-7-10-27-24(17-21)28(3)4/h7,10,14-17,22H,5-6,8-9,11-13,18H2,1-4H3. The minimum absolute atomic E-state index is 0.285. The number of aromatic nitrogens is 1. The van der Waals surface area contributed by atoms with Gasteiger partial charge in [-0.25, -0.2) is 4.98 Å². The molecular formula is C26H35N3O2. The van der Waals surface area contributed by atoms with E-state index in [-0.39, 0.29) is 5.91 Å². The molecule has 31 heavy (non-hydrogen) atoms. The number of pyridine rings is 1. The van der Waals surface area contributed by atoms with Crippen molar-refractivity contribution < 1.29 is 9.53 Å². The number of hydrogen-bond acceptors (Lipinski definition) is 4. The number of aryl methyl sites for hydroxylation is 2. The third kappa shape index (κ3) is 4.47. The number of anilines is 1. The lowest BCUT2D eigenvalue weighted by molar-refractivity contribution is -0.142. The third-order valence-electron chi connectivity index (χ3n) is 6.94. The smallest absolute Gasteiger partial charge is 0.233 e. The molecule has 0 aliphatic carbocycles. The summed E-state index contributed by atoms with van der Waals surface area (Å²) in [5.74, 6) is 1.61. The summed E-state index contributed by atoms with van der Waals surface area (Å²) in [6.07, 6.45) is 5.56. The van der Waals surface area contributed by atoms with Crippen molar-refractivity contribution in [2.75, 3.05) is 45.3 Å². The van der Waals surface area contributed by atoms with E-state index >= 15 is 0 Å². The second-order valence-corrected chi connectivity index (χ2v) is 9.50. The van der Waals surface area contributed by atoms with E-state index < -0.39 is 5.41 Å². The van der Waals surface area contributed by atoms with Crippen LogP contribution in [0.25, 0.3) is 0 Å². The van der Waals surface area contributed by atoms with Gasteiger partial charge in [-0.15, -0.1) is 0 Å². The molecular weight excluding hydrogens is 386 g/mol. The Morgan fingerprint density at radius 1 is 1.13 bits per heavy atom. The van der Waals surface area contributed by atoms with E-state index in [1.807, 2.05) is 25.2 Å². The molecule has 1 aromatic heterocycles. The first-order valence-corrected chi connectivity index (χ1v) is 11.5. The highest BCUT2D eigenvalue weighted by atomic mass is 16.5. The summed E-state index contributed by atoms with van der Waals surface area (Å²) in [4.78, 5) is 22.7. The van der Waals surface area contributed by atoms with E-state index in [4.69, 9.17) is 4.74 Å². The van der Waals surface area contributed by atoms with E-state index in [1.54, 1.807) is 0 Å². The average molecular weight is 422 g/mol. The molecule has 2 aliphatic rings. The van der Waals surface area contributed by atoms with Crippen LogP contribution in [-0.2, 0) is 14.9 Å². The monoisotopic (exact) mass is 421 g/mol. The quantitative estimate of drug-likeness (QED) is 0.742. The van der Waals surface area contributed by atoms with Crippen LogP contribution >= 0.6 is 0 Å². The lowest BCUT2D eigenvalue weighted by Gasteiger charge is -2.43. The zero-order chi connectivity index (χ0) is 22.0. The number of nitrogens with zero attached hydrogens (tertiary/aromatic N) is 3. The van der Waals surface area contributed by atoms with E-state index in [1.165, 1.54) is 22.3 Å². The minimum atomic E-state index is -0.468. The Balaban J connectivity index is 1.62. The van der Waals surface area contributed by atoms with Gasteiger partial charge in [-0.3, -0.25) is 4.79 Å². The van der Waals surface area contributed by atoms with Crippen molar-refractivity contribution in [3.8, 4) is 0 Å². The van der Waals surface area contributed by atoms with Crippen LogP contribution in [0, 0.1) is 13.8 Å². The molecule has 1 amide bonds. The zero-order valence-corrected chi connectivity index (χ0v) is 19.4. The van der Waals surface area contributed by atoms with E-state index in [9.17, 15) is 4.79 Å². The highest BCUT2D eigenvalue weighted by molar-refractivity contribution is 5.88. The molecule has 5 heteroatoms. The van der Waals surface area contributed by atoms with Crippen LogP contribution in [0.4, 0.5) is 5.82 Å². The highest BCUT2D eigenvalue weighted by Gasteiger charge is 2.45. The Labute approximate surface area is 186 Å². The molecule has 0 saturated carbocycles. The topological polar surface area (TPSA) is 45.7 Å². The molecule has 4 rings (SSSR count). The number of carbonyl (C=O) groups excluding carboxylic acids is 1. The number of benzene rings is 1. The van der Waals surface area contributed by atoms with Crippen molar-refractivity contribution in [3.63, 3.8) is 0 Å². The van der Waals surface area contributed by atoms with Crippen molar-refractivity contribution >= 4 is 11.7 Å². The Hall–Kier alpha value is -2.40. The van der Waals surface area contributed by atoms with Crippen LogP contribution in [0.3, 0.4) is 0 Å². The van der Waals surface area contributed by atoms with Crippen LogP contribution in [0.2, 0.25) is 0 Å². The first kappa shape index (κ1) is 21.8. The molecule has 0 bridgehead atoms. The van der Waals surface area contributed by atoms with Gasteiger partial charge in [0, 0.05) is 52.5 Å². The number of carbonyl (C=O) groups is 1. The molecule has 1 unspecified atom stereocenters. The molecule has 2 fully saturated rings. The molecule has 2 saturated heterocycles. The SMILES string of the molecule is Cc1cc(C)cc(C2(C(=O)N3CCCC(c4ccnc(N(C)C)c4)C3)CCOCC2)c1. The molecule has 0 spiro atoms. The van der Waals surface area contributed by atoms with Crippen molar-refractivity contribution in [3.05, 3.63) is 58.8 Å². The maximum atomic E-state index is 14.1. The van der Waals surface area contributed by atoms with E-state index in [2.05, 4.69) is 54.1 Å². The van der Waals surface area contributed by atoms with Gasteiger partial charge in [0.1, 0.15) is 5.82 Å². The Morgan fingerprint density at radius 3 is 2.52 bits per heavy atom. The molecule has 1 aromatic carbocycles. The normalized spacial score (nSPS) is 21.0. The molecule has 0 N–H and O–H groups in total. The second-order valence-electron chi connectivity index (χ2n) is 9.50. The highest BCUT2D eigenvalue weighted by Crippen LogP contribution is 2.39. The van der Waals surface area contributed by atoms with Gasteiger partial charge in [0.15, 0.2) is 0 Å². The molecule has 0 radical (unpaired) electrons. The summed E-state index contributed by atoms with van der Waals surface area (Å²) in [6, 6.07) is 10.9. The number of ether oxygens (including phenoxy) is 1. The van der Waals surface area contributed by atoms with Crippen LogP contribution in [-0.4, -0.2) is 56.2 Å². The number of amides is 1. The Bertz CT molecular complexity index is 914. The Morgan fingerprint density at radius 2 is 1.84 bits per heavy atom. The van der Waals surface area contributed by atoms with Crippen molar-refractivity contribution in [1.29, 1.82) is 0 Å². The van der Waals surface area contributed by atoms with E-state index in [0.29, 0.717) is 19.1 Å². The second kappa shape index (κ2) is 8.99. The summed E-state index contributed by atoms with van der Waals surface area (Å²) in [5, 5.41) is 0. The van der Waals surface area contributed by atoms with Gasteiger partial charge in [0.25, 0.3) is 0 Å². The number of likely N-dealkylation sites (tertiary alicyclic amines) is 1. The lowest BCUT2D eigenvalue weighted by Crippen LogP contribution is -2.52. The molecule has 2 aromatic rings. The van der Waals surface area contributed by atoms with Gasteiger partial charge >= 0.3 is 0 Å². The van der Waals surface area contributed by atoms with Crippen LogP contribution in [0.5, 0.6) is 0 Å². The third-order valence-corrected chi connectivity index (χ3v) is 6.94. The van der Waals surface area contributed by atoms with Crippen molar-refractivity contribution in [2.24, 2.45) is 0 Å². The van der Waals surface area contributed by atoms with Gasteiger partial charge in [0.05, 0.1) is 5.41 Å². The first-order chi connectivity index (χ1) is 14.9. The number of rotatable bonds is 4. The van der Waals surface area contributed by atoms with Crippen molar-refractivity contribution in [2.45, 2.75) is 50.9 Å². The van der Waals surface area contributed by atoms with Gasteiger partial charge in [0.2, 0.25) is 5.91 Å². The first-order valence-electron chi connectivity index (χ1n) is 11.5. The van der Waals surface area contributed by atoms with Gasteiger partial charge in [-0.1, -0.05) is 29.3 Å². The fourth-order valence-corrected chi connectivity index (χ4v) is 5.27. The van der Waals surface area contributed by atoms with Crippen LogP contribution < -0.4 is 4.90 Å². The fourth-order valence-electron chi connectivity index (χ4n) is 5.27. The van der Waals surface area contributed by atoms with Crippen LogP contribution in [0.1, 0.15) is 53.9 Å². The molecule has 2 aliphatic heterocycles. The maximum absolute atomic E-state index is 14.1. The van der Waals surface area contributed by atoms with Crippen LogP contribution in [0.15, 0.2) is 36.5 Å². The summed E-state index contributed by atoms with van der Waals surface area (Å²) in [7, 11) is 4.03. The molecule has 166 valence electrons. The summed E-state index contributed by atoms with van der Waals surface area (Å²) < 4.78 is 5.69. The maximum Gasteiger partial charge on any atom is 0.233 e. The number of hydrogen-bond donors (Lipinski definition) is 0. The summed E-state index contributed by atoms with van der Waals surface area (Å²) in [5.41, 5.74) is 4.42. The molecule has 5 nitrogen and oxygen atoms in total. The predicted molar refractivity (Wildman–Crippen MR) is 125 cm³/mol. The molecule has 1 atom stereocenters. The lowest BCUT2D eigenvalue weighted by atomic mass is 9.71.